The highest BCUT2D eigenvalue weighted by molar-refractivity contribution is 6.31. The second-order valence-electron chi connectivity index (χ2n) is 11.3. The van der Waals surface area contributed by atoms with Gasteiger partial charge in [-0.15, -0.1) is 0 Å². The highest BCUT2D eigenvalue weighted by atomic mass is 35.5. The van der Waals surface area contributed by atoms with Gasteiger partial charge in [-0.05, 0) is 63.2 Å². The summed E-state index contributed by atoms with van der Waals surface area (Å²) in [5.74, 6) is 0.130. The van der Waals surface area contributed by atoms with E-state index in [9.17, 15) is 14.4 Å². The summed E-state index contributed by atoms with van der Waals surface area (Å²) < 4.78 is 9.02. The third kappa shape index (κ3) is 7.64. The first-order chi connectivity index (χ1) is 18.8. The summed E-state index contributed by atoms with van der Waals surface area (Å²) in [6.45, 7) is 8.94. The van der Waals surface area contributed by atoms with Gasteiger partial charge in [-0.2, -0.15) is 0 Å². The van der Waals surface area contributed by atoms with Gasteiger partial charge >= 0.3 is 0 Å². The second-order valence-corrected chi connectivity index (χ2v) is 11.7. The number of hydrogen-bond donors (Lipinski definition) is 1. The lowest BCUT2D eigenvalue weighted by atomic mass is 9.82. The van der Waals surface area contributed by atoms with Crippen molar-refractivity contribution in [2.24, 2.45) is 12.5 Å². The molecule has 216 valence electrons. The molecule has 0 aliphatic rings. The SMILES string of the molecule is CCOc1ccc(Cl)cc1C(=O)CCC(C)(C)CC(=O)Nc1c([C@@H](C)CN(C)C)n(C)n(-c2ccccc2)c1=O. The van der Waals surface area contributed by atoms with E-state index in [1.165, 1.54) is 0 Å². The zero-order valence-corrected chi connectivity index (χ0v) is 25.3. The lowest BCUT2D eigenvalue weighted by Crippen LogP contribution is -2.27. The number of anilines is 1. The normalized spacial score (nSPS) is 12.4. The average molecular weight is 569 g/mol. The summed E-state index contributed by atoms with van der Waals surface area (Å²) in [5, 5.41) is 3.41. The first kappa shape index (κ1) is 31.2. The Morgan fingerprint density at radius 1 is 1.12 bits per heavy atom. The van der Waals surface area contributed by atoms with Crippen LogP contribution in [0.4, 0.5) is 5.69 Å². The van der Waals surface area contributed by atoms with Crippen molar-refractivity contribution in [2.75, 3.05) is 32.6 Å². The maximum Gasteiger partial charge on any atom is 0.295 e. The van der Waals surface area contributed by atoms with Gasteiger partial charge in [0.2, 0.25) is 5.91 Å². The molecule has 0 bridgehead atoms. The van der Waals surface area contributed by atoms with Crippen molar-refractivity contribution < 1.29 is 14.3 Å². The third-order valence-corrected chi connectivity index (χ3v) is 7.13. The molecular weight excluding hydrogens is 528 g/mol. The molecule has 0 saturated carbocycles. The standard InChI is InChI=1S/C31H41ClN4O4/c1-8-40-26-15-14-22(32)18-24(26)25(37)16-17-31(3,4)19-27(38)33-28-29(21(2)20-34(5)6)35(7)36(30(28)39)23-12-10-9-11-13-23/h9-15,18,21H,8,16-17,19-20H2,1-7H3,(H,33,38)/t21-/m0/s1. The lowest BCUT2D eigenvalue weighted by Gasteiger charge is -2.24. The Balaban J connectivity index is 1.80. The van der Waals surface area contributed by atoms with Crippen LogP contribution in [0.5, 0.6) is 5.75 Å². The first-order valence-corrected chi connectivity index (χ1v) is 14.0. The highest BCUT2D eigenvalue weighted by Gasteiger charge is 2.28. The Kier molecular flexibility index (Phi) is 10.4. The summed E-state index contributed by atoms with van der Waals surface area (Å²) in [7, 11) is 5.80. The van der Waals surface area contributed by atoms with Crippen LogP contribution in [0.3, 0.4) is 0 Å². The van der Waals surface area contributed by atoms with Crippen molar-refractivity contribution in [1.82, 2.24) is 14.3 Å². The van der Waals surface area contributed by atoms with Gasteiger partial charge in [0.05, 0.1) is 23.6 Å². The van der Waals surface area contributed by atoms with Crippen molar-refractivity contribution in [3.8, 4) is 11.4 Å². The second kappa shape index (κ2) is 13.3. The van der Waals surface area contributed by atoms with Gasteiger partial charge in [0.1, 0.15) is 11.4 Å². The Morgan fingerprint density at radius 2 is 1.80 bits per heavy atom. The minimum Gasteiger partial charge on any atom is -0.493 e. The Hall–Kier alpha value is -3.36. The quantitative estimate of drug-likeness (QED) is 0.259. The molecule has 40 heavy (non-hydrogen) atoms. The monoisotopic (exact) mass is 568 g/mol. The zero-order chi connectivity index (χ0) is 29.6. The molecule has 1 amide bonds. The number of nitrogens with one attached hydrogen (secondary N) is 1. The number of ether oxygens (including phenoxy) is 1. The molecule has 0 unspecified atom stereocenters. The maximum absolute atomic E-state index is 13.6. The van der Waals surface area contributed by atoms with Crippen molar-refractivity contribution in [1.29, 1.82) is 0 Å². The number of amides is 1. The number of likely N-dealkylation sites (N-methyl/N-ethyl adjacent to an activating group) is 1. The van der Waals surface area contributed by atoms with Crippen LogP contribution < -0.4 is 15.6 Å². The number of rotatable bonds is 13. The van der Waals surface area contributed by atoms with Gasteiger partial charge in [0, 0.05) is 37.4 Å². The largest absolute Gasteiger partial charge is 0.493 e. The summed E-state index contributed by atoms with van der Waals surface area (Å²) in [6.07, 6.45) is 0.859. The molecule has 1 aromatic heterocycles. The molecule has 0 aliphatic heterocycles. The molecule has 2 aromatic carbocycles. The Bertz CT molecular complexity index is 1390. The van der Waals surface area contributed by atoms with Crippen molar-refractivity contribution in [2.45, 2.75) is 52.9 Å². The van der Waals surface area contributed by atoms with E-state index in [0.717, 1.165) is 11.4 Å². The van der Waals surface area contributed by atoms with Crippen LogP contribution in [-0.2, 0) is 11.8 Å². The molecule has 0 saturated heterocycles. The van der Waals surface area contributed by atoms with E-state index in [1.54, 1.807) is 22.9 Å². The number of aromatic nitrogens is 2. The molecule has 0 aliphatic carbocycles. The average Bonchev–Trinajstić information content (AvgIpc) is 3.12. The van der Waals surface area contributed by atoms with E-state index >= 15 is 0 Å². The topological polar surface area (TPSA) is 85.6 Å². The van der Waals surface area contributed by atoms with Crippen molar-refractivity contribution in [3.05, 3.63) is 75.2 Å². The van der Waals surface area contributed by atoms with Crippen LogP contribution in [-0.4, -0.2) is 53.2 Å². The molecular formula is C31H41ClN4O4. The van der Waals surface area contributed by atoms with Gasteiger partial charge in [-0.3, -0.25) is 19.1 Å². The zero-order valence-electron chi connectivity index (χ0n) is 24.6. The first-order valence-electron chi connectivity index (χ1n) is 13.6. The molecule has 0 spiro atoms. The molecule has 0 fully saturated rings. The maximum atomic E-state index is 13.6. The number of carbonyl (C=O) groups excluding carboxylic acids is 2. The fraction of sp³-hybridized carbons (Fsp3) is 0.452. The molecule has 1 heterocycles. The van der Waals surface area contributed by atoms with Gasteiger partial charge in [-0.1, -0.05) is 50.6 Å². The third-order valence-electron chi connectivity index (χ3n) is 6.89. The number of carbonyl (C=O) groups is 2. The van der Waals surface area contributed by atoms with Crippen LogP contribution in [0, 0.1) is 5.41 Å². The van der Waals surface area contributed by atoms with E-state index in [4.69, 9.17) is 16.3 Å². The summed E-state index contributed by atoms with van der Waals surface area (Å²) in [5.41, 5.74) is 1.44. The number of Topliss-reactive ketones (excluding diaryl/α,β-unsaturated/α-hetero) is 1. The van der Waals surface area contributed by atoms with Crippen LogP contribution in [0.15, 0.2) is 53.3 Å². The van der Waals surface area contributed by atoms with Crippen LogP contribution in [0.1, 0.15) is 68.9 Å². The predicted octanol–water partition coefficient (Wildman–Crippen LogP) is 5.91. The van der Waals surface area contributed by atoms with E-state index in [2.05, 4.69) is 10.2 Å². The molecule has 0 radical (unpaired) electrons. The lowest BCUT2D eigenvalue weighted by molar-refractivity contribution is -0.118. The summed E-state index contributed by atoms with van der Waals surface area (Å²) >= 11 is 6.13. The Morgan fingerprint density at radius 3 is 2.42 bits per heavy atom. The van der Waals surface area contributed by atoms with E-state index in [-0.39, 0.29) is 41.7 Å². The summed E-state index contributed by atoms with van der Waals surface area (Å²) in [6, 6.07) is 14.4. The smallest absolute Gasteiger partial charge is 0.295 e. The molecule has 9 heteroatoms. The minimum absolute atomic E-state index is 0.0178. The highest BCUT2D eigenvalue weighted by Crippen LogP contribution is 2.31. The number of hydrogen-bond acceptors (Lipinski definition) is 5. The number of para-hydroxylation sites is 1. The van der Waals surface area contributed by atoms with Crippen molar-refractivity contribution >= 4 is 29.0 Å². The van der Waals surface area contributed by atoms with Crippen LogP contribution >= 0.6 is 11.6 Å². The van der Waals surface area contributed by atoms with Crippen LogP contribution in [0.25, 0.3) is 5.69 Å². The predicted molar refractivity (Wildman–Crippen MR) is 161 cm³/mol. The van der Waals surface area contributed by atoms with Crippen LogP contribution in [0.2, 0.25) is 5.02 Å². The Labute approximate surface area is 241 Å². The fourth-order valence-electron chi connectivity index (χ4n) is 5.09. The fourth-order valence-corrected chi connectivity index (χ4v) is 5.26. The van der Waals surface area contributed by atoms with Gasteiger partial charge in [-0.25, -0.2) is 4.68 Å². The number of ketones is 1. The molecule has 8 nitrogen and oxygen atoms in total. The van der Waals surface area contributed by atoms with Crippen molar-refractivity contribution in [3.63, 3.8) is 0 Å². The molecule has 1 N–H and O–H groups in total. The van der Waals surface area contributed by atoms with Gasteiger partial charge in [0.25, 0.3) is 5.56 Å². The molecule has 3 rings (SSSR count). The summed E-state index contributed by atoms with van der Waals surface area (Å²) in [4.78, 5) is 42.1. The molecule has 1 atom stereocenters. The number of halogens is 1. The van der Waals surface area contributed by atoms with E-state index in [1.807, 2.05) is 83.9 Å². The number of benzene rings is 2. The minimum atomic E-state index is -0.493. The van der Waals surface area contributed by atoms with Gasteiger partial charge in [0.15, 0.2) is 5.78 Å². The van der Waals surface area contributed by atoms with Gasteiger partial charge < -0.3 is 15.0 Å². The molecule has 3 aromatic rings. The van der Waals surface area contributed by atoms with E-state index in [0.29, 0.717) is 35.9 Å². The van der Waals surface area contributed by atoms with E-state index < -0.39 is 5.41 Å². The number of nitrogens with zero attached hydrogens (tertiary/aromatic N) is 3.